The molecule has 0 bridgehead atoms. The molecule has 22 heavy (non-hydrogen) atoms. The summed E-state index contributed by atoms with van der Waals surface area (Å²) >= 11 is 0. The highest BCUT2D eigenvalue weighted by Gasteiger charge is 2.16. The third-order valence-corrected chi connectivity index (χ3v) is 4.63. The number of para-hydroxylation sites is 3. The zero-order chi connectivity index (χ0) is 14.8. The molecule has 0 N–H and O–H groups in total. The number of hydrogen-bond acceptors (Lipinski definition) is 1. The Kier molecular flexibility index (Phi) is 2.09. The third-order valence-electron chi connectivity index (χ3n) is 4.63. The molecular weight excluding hydrogens is 270 g/mol. The summed E-state index contributed by atoms with van der Waals surface area (Å²) in [7, 11) is 2.13. The number of hydrogen-bond donors (Lipinski definition) is 0. The van der Waals surface area contributed by atoms with Crippen molar-refractivity contribution in [3.63, 3.8) is 0 Å². The van der Waals surface area contributed by atoms with E-state index in [1.807, 2.05) is 6.07 Å². The quantitative estimate of drug-likeness (QED) is 0.412. The zero-order valence-corrected chi connectivity index (χ0v) is 12.5. The van der Waals surface area contributed by atoms with Crippen LogP contribution in [0.2, 0.25) is 0 Å². The van der Waals surface area contributed by atoms with Gasteiger partial charge in [0.25, 0.3) is 0 Å². The molecule has 0 radical (unpaired) electrons. The van der Waals surface area contributed by atoms with E-state index in [9.17, 15) is 0 Å². The number of aromatic nitrogens is 3. The lowest BCUT2D eigenvalue weighted by Crippen LogP contribution is -1.93. The number of rotatable bonds is 0. The summed E-state index contributed by atoms with van der Waals surface area (Å²) in [6.07, 6.45) is 2.21. The van der Waals surface area contributed by atoms with E-state index in [2.05, 4.69) is 71.6 Å². The normalized spacial score (nSPS) is 12.1. The summed E-state index contributed by atoms with van der Waals surface area (Å²) in [5, 5.41) is 2.60. The van der Waals surface area contributed by atoms with Gasteiger partial charge in [-0.05, 0) is 30.7 Å². The van der Waals surface area contributed by atoms with Gasteiger partial charge in [0.05, 0.1) is 16.6 Å². The van der Waals surface area contributed by atoms with Crippen LogP contribution in [0.15, 0.2) is 54.7 Å². The standard InChI is InChI=1S/C19H15N3/c1-12-11-22-16-10-6-4-8-14(16)20-19(22)18-17(12)13-7-3-5-9-15(13)21(18)2/h3-11H,1-2H3. The Morgan fingerprint density at radius 3 is 2.50 bits per heavy atom. The number of imidazole rings is 1. The van der Waals surface area contributed by atoms with Crippen molar-refractivity contribution in [3.8, 4) is 0 Å². The van der Waals surface area contributed by atoms with Gasteiger partial charge in [-0.3, -0.25) is 4.40 Å². The lowest BCUT2D eigenvalue weighted by molar-refractivity contribution is 1.01. The molecule has 0 spiro atoms. The van der Waals surface area contributed by atoms with Gasteiger partial charge in [0.15, 0.2) is 5.65 Å². The first-order valence-corrected chi connectivity index (χ1v) is 7.49. The zero-order valence-electron chi connectivity index (χ0n) is 12.5. The molecule has 0 aliphatic rings. The second kappa shape index (κ2) is 3.89. The minimum Gasteiger partial charge on any atom is -0.341 e. The van der Waals surface area contributed by atoms with Crippen LogP contribution >= 0.6 is 0 Å². The van der Waals surface area contributed by atoms with Gasteiger partial charge in [-0.25, -0.2) is 4.98 Å². The predicted octanol–water partition coefficient (Wildman–Crippen LogP) is 4.44. The van der Waals surface area contributed by atoms with E-state index in [1.165, 1.54) is 27.4 Å². The van der Waals surface area contributed by atoms with Crippen molar-refractivity contribution >= 4 is 38.5 Å². The highest BCUT2D eigenvalue weighted by molar-refractivity contribution is 6.14. The monoisotopic (exact) mass is 285 g/mol. The molecule has 0 saturated carbocycles. The first-order chi connectivity index (χ1) is 10.8. The molecule has 5 aromatic rings. The molecule has 2 aromatic carbocycles. The molecule has 0 unspecified atom stereocenters. The highest BCUT2D eigenvalue weighted by Crippen LogP contribution is 2.34. The number of pyridine rings is 1. The Labute approximate surface area is 127 Å². The van der Waals surface area contributed by atoms with Gasteiger partial charge in [-0.15, -0.1) is 0 Å². The van der Waals surface area contributed by atoms with Crippen LogP contribution in [0.25, 0.3) is 38.5 Å². The molecule has 0 aliphatic heterocycles. The Morgan fingerprint density at radius 2 is 1.64 bits per heavy atom. The van der Waals surface area contributed by atoms with E-state index in [-0.39, 0.29) is 0 Å². The minimum absolute atomic E-state index is 1.03. The average Bonchev–Trinajstić information content (AvgIpc) is 3.05. The van der Waals surface area contributed by atoms with Crippen molar-refractivity contribution in [2.75, 3.05) is 0 Å². The van der Waals surface area contributed by atoms with Crippen LogP contribution in [-0.2, 0) is 7.05 Å². The molecule has 0 amide bonds. The van der Waals surface area contributed by atoms with Gasteiger partial charge in [-0.1, -0.05) is 30.3 Å². The van der Waals surface area contributed by atoms with E-state index >= 15 is 0 Å². The molecule has 3 heteroatoms. The van der Waals surface area contributed by atoms with Crippen molar-refractivity contribution in [2.24, 2.45) is 7.05 Å². The number of fused-ring (bicyclic) bond motifs is 7. The molecule has 3 heterocycles. The highest BCUT2D eigenvalue weighted by atomic mass is 15.1. The maximum atomic E-state index is 4.88. The summed E-state index contributed by atoms with van der Waals surface area (Å²) in [4.78, 5) is 4.88. The van der Waals surface area contributed by atoms with Gasteiger partial charge < -0.3 is 4.57 Å². The van der Waals surface area contributed by atoms with Crippen molar-refractivity contribution in [3.05, 3.63) is 60.3 Å². The van der Waals surface area contributed by atoms with Gasteiger partial charge in [-0.2, -0.15) is 0 Å². The van der Waals surface area contributed by atoms with E-state index in [0.717, 1.165) is 16.7 Å². The Morgan fingerprint density at radius 1 is 0.909 bits per heavy atom. The number of nitrogens with zero attached hydrogens (tertiary/aromatic N) is 3. The Balaban J connectivity index is 2.17. The molecule has 0 atom stereocenters. The van der Waals surface area contributed by atoms with Crippen LogP contribution in [0.3, 0.4) is 0 Å². The van der Waals surface area contributed by atoms with Crippen molar-refractivity contribution in [1.82, 2.24) is 14.0 Å². The maximum Gasteiger partial charge on any atom is 0.162 e. The first-order valence-electron chi connectivity index (χ1n) is 7.49. The van der Waals surface area contributed by atoms with Crippen molar-refractivity contribution in [1.29, 1.82) is 0 Å². The topological polar surface area (TPSA) is 22.2 Å². The second-order valence-corrected chi connectivity index (χ2v) is 5.91. The molecule has 0 saturated heterocycles. The number of aryl methyl sites for hydroxylation is 2. The first kappa shape index (κ1) is 11.8. The summed E-state index contributed by atoms with van der Waals surface area (Å²) in [6, 6.07) is 16.9. The van der Waals surface area contributed by atoms with Crippen molar-refractivity contribution in [2.45, 2.75) is 6.92 Å². The third kappa shape index (κ3) is 1.29. The molecule has 3 nitrogen and oxygen atoms in total. The van der Waals surface area contributed by atoms with Crippen LogP contribution in [0.5, 0.6) is 0 Å². The fourth-order valence-electron chi connectivity index (χ4n) is 3.65. The molecule has 106 valence electrons. The van der Waals surface area contributed by atoms with Crippen LogP contribution < -0.4 is 0 Å². The summed E-state index contributed by atoms with van der Waals surface area (Å²) < 4.78 is 4.48. The average molecular weight is 285 g/mol. The maximum absolute atomic E-state index is 4.88. The Bertz CT molecular complexity index is 1190. The molecule has 0 fully saturated rings. The summed E-state index contributed by atoms with van der Waals surface area (Å²) in [5.74, 6) is 0. The SMILES string of the molecule is Cc1cn2c3ccccc3nc2c2c1c1ccccc1n2C. The van der Waals surface area contributed by atoms with Gasteiger partial charge in [0.1, 0.15) is 0 Å². The largest absolute Gasteiger partial charge is 0.341 e. The number of benzene rings is 2. The molecule has 3 aromatic heterocycles. The summed E-state index contributed by atoms with van der Waals surface area (Å²) in [6.45, 7) is 2.18. The lowest BCUT2D eigenvalue weighted by Gasteiger charge is -2.04. The molecule has 5 rings (SSSR count). The van der Waals surface area contributed by atoms with Crippen LogP contribution in [0.4, 0.5) is 0 Å². The fraction of sp³-hybridized carbons (Fsp3) is 0.105. The fourth-order valence-corrected chi connectivity index (χ4v) is 3.65. The Hall–Kier alpha value is -2.81. The second-order valence-electron chi connectivity index (χ2n) is 5.91. The van der Waals surface area contributed by atoms with Gasteiger partial charge >= 0.3 is 0 Å². The van der Waals surface area contributed by atoms with Gasteiger partial charge in [0.2, 0.25) is 0 Å². The van der Waals surface area contributed by atoms with E-state index in [1.54, 1.807) is 0 Å². The minimum atomic E-state index is 1.03. The van der Waals surface area contributed by atoms with Gasteiger partial charge in [0, 0.05) is 29.5 Å². The van der Waals surface area contributed by atoms with Crippen LogP contribution in [0.1, 0.15) is 5.56 Å². The van der Waals surface area contributed by atoms with Crippen molar-refractivity contribution < 1.29 is 0 Å². The predicted molar refractivity (Wildman–Crippen MR) is 91.4 cm³/mol. The molecule has 0 aliphatic carbocycles. The van der Waals surface area contributed by atoms with E-state index in [4.69, 9.17) is 4.98 Å². The summed E-state index contributed by atoms with van der Waals surface area (Å²) in [5.41, 5.74) is 6.97. The van der Waals surface area contributed by atoms with E-state index < -0.39 is 0 Å². The molecular formula is C19H15N3. The van der Waals surface area contributed by atoms with Crippen LogP contribution in [-0.4, -0.2) is 14.0 Å². The van der Waals surface area contributed by atoms with Crippen LogP contribution in [0, 0.1) is 6.92 Å². The van der Waals surface area contributed by atoms with E-state index in [0.29, 0.717) is 0 Å². The lowest BCUT2D eigenvalue weighted by atomic mass is 10.1. The smallest absolute Gasteiger partial charge is 0.162 e.